The van der Waals surface area contributed by atoms with Gasteiger partial charge in [0.15, 0.2) is 0 Å². The van der Waals surface area contributed by atoms with Crippen LogP contribution < -0.4 is 5.84 Å². The molecular weight excluding hydrogens is 282 g/mol. The minimum atomic E-state index is 0.752. The maximum Gasteiger partial charge on any atom is 0.0237 e. The third kappa shape index (κ3) is 5.17. The third-order valence-electron chi connectivity index (χ3n) is 4.66. The smallest absolute Gasteiger partial charge is 0.0237 e. The van der Waals surface area contributed by atoms with Crippen molar-refractivity contribution >= 4 is 0 Å². The van der Waals surface area contributed by atoms with Gasteiger partial charge in [-0.15, -0.1) is 0 Å². The van der Waals surface area contributed by atoms with Crippen molar-refractivity contribution in [3.8, 4) is 0 Å². The number of benzene rings is 2. The molecule has 2 N–H and O–H groups in total. The normalized spacial score (nSPS) is 16.8. The summed E-state index contributed by atoms with van der Waals surface area (Å²) in [6, 6.07) is 21.6. The van der Waals surface area contributed by atoms with E-state index in [1.807, 2.05) is 5.01 Å². The van der Waals surface area contributed by atoms with E-state index in [1.165, 1.54) is 24.0 Å². The van der Waals surface area contributed by atoms with E-state index in [-0.39, 0.29) is 0 Å². The number of hydrogen-bond donors (Lipinski definition) is 1. The number of rotatable bonds is 6. The van der Waals surface area contributed by atoms with Crippen molar-refractivity contribution in [2.45, 2.75) is 25.9 Å². The van der Waals surface area contributed by atoms with E-state index in [4.69, 9.17) is 5.84 Å². The van der Waals surface area contributed by atoms with Crippen LogP contribution in [-0.2, 0) is 13.1 Å². The highest BCUT2D eigenvalue weighted by Gasteiger charge is 2.20. The predicted molar refractivity (Wildman–Crippen MR) is 95.5 cm³/mol. The molecule has 0 aromatic heterocycles. The summed E-state index contributed by atoms with van der Waals surface area (Å²) in [7, 11) is 0. The van der Waals surface area contributed by atoms with E-state index in [0.29, 0.717) is 0 Å². The van der Waals surface area contributed by atoms with E-state index >= 15 is 0 Å². The maximum absolute atomic E-state index is 5.89. The first-order valence-electron chi connectivity index (χ1n) is 8.59. The van der Waals surface area contributed by atoms with Crippen molar-refractivity contribution in [2.75, 3.05) is 19.6 Å². The molecule has 0 aliphatic carbocycles. The van der Waals surface area contributed by atoms with Crippen LogP contribution in [0.3, 0.4) is 0 Å². The fourth-order valence-electron chi connectivity index (χ4n) is 3.37. The quantitative estimate of drug-likeness (QED) is 0.831. The number of hydrazine groups is 1. The number of hydrogen-bond acceptors (Lipinski definition) is 3. The lowest BCUT2D eigenvalue weighted by molar-refractivity contribution is 0.137. The van der Waals surface area contributed by atoms with Crippen LogP contribution in [0.2, 0.25) is 0 Å². The van der Waals surface area contributed by atoms with E-state index < -0.39 is 0 Å². The lowest BCUT2D eigenvalue weighted by atomic mass is 9.96. The van der Waals surface area contributed by atoms with Gasteiger partial charge in [0.1, 0.15) is 0 Å². The molecule has 122 valence electrons. The molecule has 1 fully saturated rings. The molecule has 0 saturated carbocycles. The summed E-state index contributed by atoms with van der Waals surface area (Å²) in [5.41, 5.74) is 2.78. The third-order valence-corrected chi connectivity index (χ3v) is 4.66. The molecular formula is C20H27N3. The Hall–Kier alpha value is -1.68. The van der Waals surface area contributed by atoms with Crippen LogP contribution >= 0.6 is 0 Å². The van der Waals surface area contributed by atoms with Gasteiger partial charge in [-0.2, -0.15) is 0 Å². The van der Waals surface area contributed by atoms with Gasteiger partial charge in [0.05, 0.1) is 0 Å². The predicted octanol–water partition coefficient (Wildman–Crippen LogP) is 3.27. The Labute approximate surface area is 139 Å². The lowest BCUT2D eigenvalue weighted by Gasteiger charge is -2.33. The Morgan fingerprint density at radius 2 is 1.30 bits per heavy atom. The molecule has 0 radical (unpaired) electrons. The molecule has 3 nitrogen and oxygen atoms in total. The van der Waals surface area contributed by atoms with Crippen molar-refractivity contribution in [1.29, 1.82) is 0 Å². The van der Waals surface area contributed by atoms with Gasteiger partial charge in [0.25, 0.3) is 0 Å². The average molecular weight is 309 g/mol. The summed E-state index contributed by atoms with van der Waals surface area (Å²) in [6.45, 7) is 5.22. The Morgan fingerprint density at radius 1 is 0.826 bits per heavy atom. The molecule has 0 atom stereocenters. The molecule has 1 heterocycles. The minimum Gasteiger partial charge on any atom is -0.295 e. The van der Waals surface area contributed by atoms with Crippen molar-refractivity contribution in [2.24, 2.45) is 11.8 Å². The second-order valence-electron chi connectivity index (χ2n) is 6.62. The van der Waals surface area contributed by atoms with Gasteiger partial charge >= 0.3 is 0 Å². The summed E-state index contributed by atoms with van der Waals surface area (Å²) in [4.78, 5) is 2.58. The highest BCUT2D eigenvalue weighted by molar-refractivity contribution is 5.17. The first kappa shape index (κ1) is 16.2. The van der Waals surface area contributed by atoms with E-state index in [2.05, 4.69) is 65.6 Å². The lowest BCUT2D eigenvalue weighted by Crippen LogP contribution is -2.41. The van der Waals surface area contributed by atoms with Crippen molar-refractivity contribution in [3.05, 3.63) is 71.8 Å². The Morgan fingerprint density at radius 3 is 1.78 bits per heavy atom. The molecule has 0 unspecified atom stereocenters. The molecule has 23 heavy (non-hydrogen) atoms. The zero-order valence-corrected chi connectivity index (χ0v) is 13.8. The number of piperidine rings is 1. The Bertz CT molecular complexity index is 520. The van der Waals surface area contributed by atoms with Crippen LogP contribution in [0.1, 0.15) is 24.0 Å². The summed E-state index contributed by atoms with van der Waals surface area (Å²) >= 11 is 0. The van der Waals surface area contributed by atoms with Crippen molar-refractivity contribution in [1.82, 2.24) is 9.91 Å². The van der Waals surface area contributed by atoms with Crippen LogP contribution in [0.5, 0.6) is 0 Å². The number of nitrogens with zero attached hydrogens (tertiary/aromatic N) is 2. The largest absolute Gasteiger partial charge is 0.295 e. The van der Waals surface area contributed by atoms with Crippen LogP contribution in [0.25, 0.3) is 0 Å². The van der Waals surface area contributed by atoms with Gasteiger partial charge in [-0.05, 0) is 29.9 Å². The van der Waals surface area contributed by atoms with Crippen LogP contribution in [0.15, 0.2) is 60.7 Å². The second-order valence-corrected chi connectivity index (χ2v) is 6.62. The molecule has 1 aliphatic heterocycles. The first-order chi connectivity index (χ1) is 11.3. The molecule has 0 bridgehead atoms. The van der Waals surface area contributed by atoms with Crippen LogP contribution in [0.4, 0.5) is 0 Å². The van der Waals surface area contributed by atoms with Crippen molar-refractivity contribution < 1.29 is 0 Å². The van der Waals surface area contributed by atoms with Gasteiger partial charge < -0.3 is 0 Å². The van der Waals surface area contributed by atoms with Crippen LogP contribution in [-0.4, -0.2) is 29.5 Å². The zero-order chi connectivity index (χ0) is 15.9. The SMILES string of the molecule is NN1CCC(CN(Cc2ccccc2)Cc2ccccc2)CC1. The molecule has 2 aromatic rings. The highest BCUT2D eigenvalue weighted by atomic mass is 15.4. The molecule has 1 saturated heterocycles. The first-order valence-corrected chi connectivity index (χ1v) is 8.59. The number of nitrogens with two attached hydrogens (primary N) is 1. The molecule has 2 aromatic carbocycles. The fourth-order valence-corrected chi connectivity index (χ4v) is 3.37. The average Bonchev–Trinajstić information content (AvgIpc) is 2.59. The van der Waals surface area contributed by atoms with E-state index in [0.717, 1.165) is 38.6 Å². The highest BCUT2D eigenvalue weighted by Crippen LogP contribution is 2.19. The zero-order valence-electron chi connectivity index (χ0n) is 13.8. The standard InChI is InChI=1S/C20H27N3/c21-23-13-11-20(12-14-23)17-22(15-18-7-3-1-4-8-18)16-19-9-5-2-6-10-19/h1-10,20H,11-17,21H2. The molecule has 1 aliphatic rings. The summed E-state index contributed by atoms with van der Waals surface area (Å²) in [5, 5.41) is 1.95. The van der Waals surface area contributed by atoms with Gasteiger partial charge in [-0.3, -0.25) is 10.7 Å². The Kier molecular flexibility index (Phi) is 5.81. The second kappa shape index (κ2) is 8.25. The molecule has 0 spiro atoms. The van der Waals surface area contributed by atoms with E-state index in [1.54, 1.807) is 0 Å². The monoisotopic (exact) mass is 309 g/mol. The molecule has 0 amide bonds. The van der Waals surface area contributed by atoms with Crippen LogP contribution in [0, 0.1) is 5.92 Å². The van der Waals surface area contributed by atoms with Crippen molar-refractivity contribution in [3.63, 3.8) is 0 Å². The fraction of sp³-hybridized carbons (Fsp3) is 0.400. The topological polar surface area (TPSA) is 32.5 Å². The van der Waals surface area contributed by atoms with Gasteiger partial charge in [-0.25, -0.2) is 5.01 Å². The minimum absolute atomic E-state index is 0.752. The summed E-state index contributed by atoms with van der Waals surface area (Å²) < 4.78 is 0. The molecule has 3 rings (SSSR count). The van der Waals surface area contributed by atoms with Gasteiger partial charge in [0, 0.05) is 32.7 Å². The Balaban J connectivity index is 1.65. The van der Waals surface area contributed by atoms with Gasteiger partial charge in [-0.1, -0.05) is 60.7 Å². The molecule has 3 heteroatoms. The maximum atomic E-state index is 5.89. The van der Waals surface area contributed by atoms with E-state index in [9.17, 15) is 0 Å². The summed E-state index contributed by atoms with van der Waals surface area (Å²) in [6.07, 6.45) is 2.41. The van der Waals surface area contributed by atoms with Gasteiger partial charge in [0.2, 0.25) is 0 Å². The summed E-state index contributed by atoms with van der Waals surface area (Å²) in [5.74, 6) is 6.65.